The normalized spacial score (nSPS) is 23.4. The van der Waals surface area contributed by atoms with Gasteiger partial charge in [-0.25, -0.2) is 0 Å². The quantitative estimate of drug-likeness (QED) is 0.520. The summed E-state index contributed by atoms with van der Waals surface area (Å²) in [5.41, 5.74) is 0. The highest BCUT2D eigenvalue weighted by molar-refractivity contribution is 5.99. The molecule has 14 heavy (non-hydrogen) atoms. The van der Waals surface area contributed by atoms with E-state index in [1.165, 1.54) is 0 Å². The molecule has 0 spiro atoms. The van der Waals surface area contributed by atoms with Gasteiger partial charge in [0.2, 0.25) is 0 Å². The fourth-order valence-electron chi connectivity index (χ4n) is 1.45. The lowest BCUT2D eigenvalue weighted by Crippen LogP contribution is -2.34. The SMILES string of the molecule is CC(C)OC(=O)C1CNCCCC1=O. The summed E-state index contributed by atoms with van der Waals surface area (Å²) in [6, 6.07) is 0. The van der Waals surface area contributed by atoms with Crippen LogP contribution in [0.4, 0.5) is 0 Å². The van der Waals surface area contributed by atoms with Crippen molar-refractivity contribution in [2.45, 2.75) is 32.8 Å². The van der Waals surface area contributed by atoms with Crippen LogP contribution in [0.25, 0.3) is 0 Å². The molecule has 1 aliphatic rings. The molecule has 1 aliphatic heterocycles. The number of carbonyl (C=O) groups excluding carboxylic acids is 2. The van der Waals surface area contributed by atoms with Gasteiger partial charge in [-0.2, -0.15) is 0 Å². The van der Waals surface area contributed by atoms with Crippen LogP contribution in [0.5, 0.6) is 0 Å². The number of esters is 1. The molecule has 0 aromatic rings. The summed E-state index contributed by atoms with van der Waals surface area (Å²) in [5, 5.41) is 3.06. The van der Waals surface area contributed by atoms with Gasteiger partial charge in [0.15, 0.2) is 0 Å². The first-order valence-electron chi connectivity index (χ1n) is 5.05. The zero-order valence-corrected chi connectivity index (χ0v) is 8.71. The number of carbonyl (C=O) groups is 2. The van der Waals surface area contributed by atoms with E-state index in [1.54, 1.807) is 13.8 Å². The number of hydrogen-bond donors (Lipinski definition) is 1. The van der Waals surface area contributed by atoms with E-state index in [-0.39, 0.29) is 17.9 Å². The summed E-state index contributed by atoms with van der Waals surface area (Å²) in [6.07, 6.45) is 1.13. The van der Waals surface area contributed by atoms with Crippen LogP contribution in [0.2, 0.25) is 0 Å². The highest BCUT2D eigenvalue weighted by Gasteiger charge is 2.29. The van der Waals surface area contributed by atoms with Crippen molar-refractivity contribution in [2.24, 2.45) is 5.92 Å². The van der Waals surface area contributed by atoms with Crippen molar-refractivity contribution in [3.63, 3.8) is 0 Å². The molecule has 0 saturated carbocycles. The van der Waals surface area contributed by atoms with Crippen molar-refractivity contribution in [3.8, 4) is 0 Å². The molecule has 4 nitrogen and oxygen atoms in total. The maximum absolute atomic E-state index is 11.5. The maximum atomic E-state index is 11.5. The standard InChI is InChI=1S/C10H17NO3/c1-7(2)14-10(13)8-6-11-5-3-4-9(8)12/h7-8,11H,3-6H2,1-2H3. The first-order valence-corrected chi connectivity index (χ1v) is 5.05. The zero-order chi connectivity index (χ0) is 10.6. The van der Waals surface area contributed by atoms with E-state index >= 15 is 0 Å². The average Bonchev–Trinajstić information content (AvgIpc) is 2.28. The Labute approximate surface area is 84.0 Å². The van der Waals surface area contributed by atoms with Gasteiger partial charge in [0.1, 0.15) is 11.7 Å². The third-order valence-electron chi connectivity index (χ3n) is 2.15. The number of Topliss-reactive ketones (excluding diaryl/α,β-unsaturated/α-hetero) is 1. The summed E-state index contributed by atoms with van der Waals surface area (Å²) in [7, 11) is 0. The van der Waals surface area contributed by atoms with Crippen molar-refractivity contribution in [3.05, 3.63) is 0 Å². The van der Waals surface area contributed by atoms with Gasteiger partial charge in [-0.15, -0.1) is 0 Å². The molecule has 1 rings (SSSR count). The molecular weight excluding hydrogens is 182 g/mol. The van der Waals surface area contributed by atoms with Crippen LogP contribution in [-0.2, 0) is 14.3 Å². The molecule has 1 atom stereocenters. The molecule has 1 fully saturated rings. The summed E-state index contributed by atoms with van der Waals surface area (Å²) in [5.74, 6) is -0.986. The van der Waals surface area contributed by atoms with Crippen LogP contribution < -0.4 is 5.32 Å². The summed E-state index contributed by atoms with van der Waals surface area (Å²) in [6.45, 7) is 4.79. The van der Waals surface area contributed by atoms with Crippen LogP contribution in [0.1, 0.15) is 26.7 Å². The van der Waals surface area contributed by atoms with Gasteiger partial charge in [-0.3, -0.25) is 9.59 Å². The van der Waals surface area contributed by atoms with Crippen LogP contribution in [0.3, 0.4) is 0 Å². The Balaban J connectivity index is 2.54. The Hall–Kier alpha value is -0.900. The van der Waals surface area contributed by atoms with Crippen LogP contribution in [-0.4, -0.2) is 30.9 Å². The van der Waals surface area contributed by atoms with Crippen molar-refractivity contribution in [1.29, 1.82) is 0 Å². The third-order valence-corrected chi connectivity index (χ3v) is 2.15. The average molecular weight is 199 g/mol. The van der Waals surface area contributed by atoms with Crippen molar-refractivity contribution < 1.29 is 14.3 Å². The van der Waals surface area contributed by atoms with Gasteiger partial charge in [-0.1, -0.05) is 0 Å². The van der Waals surface area contributed by atoms with E-state index in [2.05, 4.69) is 5.32 Å². The lowest BCUT2D eigenvalue weighted by atomic mass is 10.0. The molecule has 0 amide bonds. The predicted octanol–water partition coefficient (Wildman–Crippen LogP) is 0.507. The lowest BCUT2D eigenvalue weighted by molar-refractivity contribution is -0.154. The van der Waals surface area contributed by atoms with Gasteiger partial charge in [-0.05, 0) is 26.8 Å². The second-order valence-corrected chi connectivity index (χ2v) is 3.81. The van der Waals surface area contributed by atoms with E-state index in [4.69, 9.17) is 4.74 Å². The van der Waals surface area contributed by atoms with Gasteiger partial charge in [0.25, 0.3) is 0 Å². The molecule has 1 N–H and O–H groups in total. The predicted molar refractivity (Wildman–Crippen MR) is 51.8 cm³/mol. The molecule has 1 heterocycles. The number of ether oxygens (including phenoxy) is 1. The number of rotatable bonds is 2. The maximum Gasteiger partial charge on any atom is 0.318 e. The monoisotopic (exact) mass is 199 g/mol. The Morgan fingerprint density at radius 2 is 2.29 bits per heavy atom. The fraction of sp³-hybridized carbons (Fsp3) is 0.800. The smallest absolute Gasteiger partial charge is 0.318 e. The summed E-state index contributed by atoms with van der Waals surface area (Å²) >= 11 is 0. The van der Waals surface area contributed by atoms with E-state index in [0.29, 0.717) is 13.0 Å². The summed E-state index contributed by atoms with van der Waals surface area (Å²) in [4.78, 5) is 23.0. The lowest BCUT2D eigenvalue weighted by Gasteiger charge is -2.14. The molecule has 0 bridgehead atoms. The van der Waals surface area contributed by atoms with Crippen LogP contribution >= 0.6 is 0 Å². The molecule has 0 radical (unpaired) electrons. The molecule has 0 aromatic carbocycles. The highest BCUT2D eigenvalue weighted by atomic mass is 16.5. The minimum absolute atomic E-state index is 0.000602. The first kappa shape index (κ1) is 11.2. The molecule has 1 unspecified atom stereocenters. The van der Waals surface area contributed by atoms with Gasteiger partial charge < -0.3 is 10.1 Å². The van der Waals surface area contributed by atoms with Crippen molar-refractivity contribution in [1.82, 2.24) is 5.32 Å². The second-order valence-electron chi connectivity index (χ2n) is 3.81. The fourth-order valence-corrected chi connectivity index (χ4v) is 1.45. The molecule has 4 heteroatoms. The Morgan fingerprint density at radius 1 is 1.57 bits per heavy atom. The van der Waals surface area contributed by atoms with Crippen molar-refractivity contribution in [2.75, 3.05) is 13.1 Å². The van der Waals surface area contributed by atoms with Crippen LogP contribution in [0.15, 0.2) is 0 Å². The minimum atomic E-state index is -0.597. The number of ketones is 1. The van der Waals surface area contributed by atoms with E-state index in [1.807, 2.05) is 0 Å². The Morgan fingerprint density at radius 3 is 2.93 bits per heavy atom. The van der Waals surface area contributed by atoms with E-state index in [0.717, 1.165) is 13.0 Å². The Kier molecular flexibility index (Phi) is 4.07. The molecule has 80 valence electrons. The first-order chi connectivity index (χ1) is 6.61. The number of hydrogen-bond acceptors (Lipinski definition) is 4. The second kappa shape index (κ2) is 5.10. The zero-order valence-electron chi connectivity index (χ0n) is 8.71. The summed E-state index contributed by atoms with van der Waals surface area (Å²) < 4.78 is 5.02. The highest BCUT2D eigenvalue weighted by Crippen LogP contribution is 2.10. The van der Waals surface area contributed by atoms with E-state index < -0.39 is 5.92 Å². The minimum Gasteiger partial charge on any atom is -0.462 e. The molecule has 0 aromatic heterocycles. The number of nitrogens with one attached hydrogen (secondary N) is 1. The van der Waals surface area contributed by atoms with Gasteiger partial charge >= 0.3 is 5.97 Å². The third kappa shape index (κ3) is 3.10. The molecular formula is C10H17NO3. The largest absolute Gasteiger partial charge is 0.462 e. The van der Waals surface area contributed by atoms with Gasteiger partial charge in [0, 0.05) is 13.0 Å². The van der Waals surface area contributed by atoms with Crippen molar-refractivity contribution >= 4 is 11.8 Å². The molecule has 1 saturated heterocycles. The van der Waals surface area contributed by atoms with Gasteiger partial charge in [0.05, 0.1) is 6.10 Å². The van der Waals surface area contributed by atoms with E-state index in [9.17, 15) is 9.59 Å². The Bertz CT molecular complexity index is 225. The van der Waals surface area contributed by atoms with Crippen LogP contribution in [0, 0.1) is 5.92 Å². The molecule has 0 aliphatic carbocycles. The topological polar surface area (TPSA) is 55.4 Å².